The van der Waals surface area contributed by atoms with E-state index < -0.39 is 0 Å². The van der Waals surface area contributed by atoms with Crippen LogP contribution in [0.15, 0.2) is 151 Å². The Bertz CT molecular complexity index is 2290. The Balaban J connectivity index is 1.15. The van der Waals surface area contributed by atoms with Crippen LogP contribution < -0.4 is 10.2 Å². The molecule has 0 bridgehead atoms. The number of nitrogens with zero attached hydrogens (tertiary/aromatic N) is 1. The number of hydrogen-bond acceptors (Lipinski definition) is 2. The van der Waals surface area contributed by atoms with Gasteiger partial charge in [-0.2, -0.15) is 0 Å². The van der Waals surface area contributed by atoms with Crippen molar-refractivity contribution in [2.75, 3.05) is 10.2 Å². The summed E-state index contributed by atoms with van der Waals surface area (Å²) in [5, 5.41) is 8.43. The van der Waals surface area contributed by atoms with Crippen molar-refractivity contribution in [2.45, 2.75) is 58.3 Å². The van der Waals surface area contributed by atoms with Gasteiger partial charge in [-0.1, -0.05) is 120 Å². The van der Waals surface area contributed by atoms with Gasteiger partial charge in [0.05, 0.1) is 5.69 Å². The third-order valence-corrected chi connectivity index (χ3v) is 10.4. The van der Waals surface area contributed by atoms with E-state index >= 15 is 0 Å². The Labute approximate surface area is 291 Å². The summed E-state index contributed by atoms with van der Waals surface area (Å²) in [5.41, 5.74) is 12.8. The first kappa shape index (κ1) is 31.0. The highest BCUT2D eigenvalue weighted by Gasteiger charge is 2.40. The highest BCUT2D eigenvalue weighted by Crippen LogP contribution is 2.52. The van der Waals surface area contributed by atoms with Gasteiger partial charge in [0.15, 0.2) is 0 Å². The van der Waals surface area contributed by atoms with E-state index in [1.165, 1.54) is 72.0 Å². The van der Waals surface area contributed by atoms with Crippen LogP contribution in [0.5, 0.6) is 0 Å². The van der Waals surface area contributed by atoms with E-state index in [2.05, 4.69) is 166 Å². The fourth-order valence-corrected chi connectivity index (χ4v) is 7.67. The maximum Gasteiger partial charge on any atom is 0.0502 e. The van der Waals surface area contributed by atoms with Gasteiger partial charge in [0.2, 0.25) is 0 Å². The zero-order valence-corrected chi connectivity index (χ0v) is 29.2. The molecule has 0 saturated heterocycles. The number of hydrogen-bond donors (Lipinski definition) is 1. The van der Waals surface area contributed by atoms with Crippen molar-refractivity contribution in [3.05, 3.63) is 168 Å². The van der Waals surface area contributed by atoms with Gasteiger partial charge in [-0.15, -0.1) is 0 Å². The van der Waals surface area contributed by atoms with Gasteiger partial charge < -0.3 is 10.2 Å². The molecule has 1 aliphatic heterocycles. The van der Waals surface area contributed by atoms with Gasteiger partial charge in [0, 0.05) is 28.7 Å². The van der Waals surface area contributed by atoms with Gasteiger partial charge in [-0.05, 0) is 128 Å². The van der Waals surface area contributed by atoms with E-state index in [4.69, 9.17) is 0 Å². The average molecular weight is 637 g/mol. The zero-order valence-electron chi connectivity index (χ0n) is 29.2. The lowest BCUT2D eigenvalue weighted by Gasteiger charge is -2.45. The second-order valence-corrected chi connectivity index (χ2v) is 15.1. The molecule has 0 aromatic heterocycles. The molecular formula is C47H44N2. The molecule has 0 atom stereocenters. The molecule has 1 aliphatic carbocycles. The highest BCUT2D eigenvalue weighted by molar-refractivity contribution is 6.09. The van der Waals surface area contributed by atoms with Crippen molar-refractivity contribution in [1.82, 2.24) is 0 Å². The number of allylic oxidation sites excluding steroid dienone is 3. The molecule has 6 aromatic carbocycles. The molecule has 242 valence electrons. The van der Waals surface area contributed by atoms with Crippen LogP contribution in [-0.2, 0) is 10.8 Å². The lowest BCUT2D eigenvalue weighted by molar-refractivity contribution is 0.590. The summed E-state index contributed by atoms with van der Waals surface area (Å²) in [4.78, 5) is 2.50. The van der Waals surface area contributed by atoms with E-state index in [0.717, 1.165) is 18.5 Å². The second-order valence-electron chi connectivity index (χ2n) is 15.1. The van der Waals surface area contributed by atoms with E-state index in [1.54, 1.807) is 0 Å². The van der Waals surface area contributed by atoms with Crippen LogP contribution in [0.4, 0.5) is 17.1 Å². The number of fused-ring (bicyclic) bond motifs is 5. The van der Waals surface area contributed by atoms with E-state index in [-0.39, 0.29) is 10.8 Å². The maximum atomic E-state index is 3.36. The lowest BCUT2D eigenvalue weighted by Crippen LogP contribution is -2.36. The van der Waals surface area contributed by atoms with E-state index in [9.17, 15) is 0 Å². The van der Waals surface area contributed by atoms with E-state index in [0.29, 0.717) is 0 Å². The second kappa shape index (κ2) is 12.0. The molecule has 0 saturated carbocycles. The van der Waals surface area contributed by atoms with Crippen molar-refractivity contribution in [3.8, 4) is 11.1 Å². The van der Waals surface area contributed by atoms with Crippen LogP contribution in [-0.4, -0.2) is 0 Å². The van der Waals surface area contributed by atoms with Gasteiger partial charge in [0.1, 0.15) is 0 Å². The molecule has 0 unspecified atom stereocenters. The smallest absolute Gasteiger partial charge is 0.0502 e. The summed E-state index contributed by atoms with van der Waals surface area (Å²) in [6.45, 7) is 11.6. The van der Waals surface area contributed by atoms with Crippen molar-refractivity contribution in [2.24, 2.45) is 0 Å². The molecule has 0 spiro atoms. The van der Waals surface area contributed by atoms with Crippen LogP contribution in [0.3, 0.4) is 0 Å². The fraction of sp³-hybridized carbons (Fsp3) is 0.191. The number of rotatable bonds is 5. The Hall–Kier alpha value is -5.34. The minimum atomic E-state index is -0.102. The van der Waals surface area contributed by atoms with Crippen LogP contribution in [0, 0.1) is 0 Å². The molecule has 0 fully saturated rings. The van der Waals surface area contributed by atoms with Gasteiger partial charge >= 0.3 is 0 Å². The largest absolute Gasteiger partial charge is 0.362 e. The zero-order chi connectivity index (χ0) is 33.8. The van der Waals surface area contributed by atoms with Crippen LogP contribution in [0.25, 0.3) is 38.7 Å². The summed E-state index contributed by atoms with van der Waals surface area (Å²) in [7, 11) is 0. The van der Waals surface area contributed by atoms with E-state index in [1.807, 2.05) is 24.4 Å². The predicted molar refractivity (Wildman–Crippen MR) is 212 cm³/mol. The number of anilines is 3. The number of benzene rings is 6. The topological polar surface area (TPSA) is 15.3 Å². The summed E-state index contributed by atoms with van der Waals surface area (Å²) in [5.74, 6) is 0. The third-order valence-electron chi connectivity index (χ3n) is 10.4. The molecule has 0 amide bonds. The minimum Gasteiger partial charge on any atom is -0.362 e. The number of nitrogens with one attached hydrogen (secondary N) is 1. The van der Waals surface area contributed by atoms with Crippen LogP contribution in [0.2, 0.25) is 0 Å². The fourth-order valence-electron chi connectivity index (χ4n) is 7.67. The third kappa shape index (κ3) is 5.66. The van der Waals surface area contributed by atoms with Crippen molar-refractivity contribution in [3.63, 3.8) is 0 Å². The summed E-state index contributed by atoms with van der Waals surface area (Å²) >= 11 is 0. The normalized spacial score (nSPS) is 15.6. The van der Waals surface area contributed by atoms with Crippen molar-refractivity contribution >= 4 is 44.7 Å². The summed E-state index contributed by atoms with van der Waals surface area (Å²) in [6, 6.07) is 44.8. The Morgan fingerprint density at radius 2 is 1.35 bits per heavy atom. The average Bonchev–Trinajstić information content (AvgIpc) is 3.11. The van der Waals surface area contributed by atoms with Crippen LogP contribution in [0.1, 0.15) is 64.2 Å². The monoisotopic (exact) mass is 636 g/mol. The first-order valence-corrected chi connectivity index (χ1v) is 17.6. The quantitative estimate of drug-likeness (QED) is 0.189. The Morgan fingerprint density at radius 1 is 0.673 bits per heavy atom. The Kier molecular flexibility index (Phi) is 7.56. The first-order valence-electron chi connectivity index (χ1n) is 17.6. The van der Waals surface area contributed by atoms with Gasteiger partial charge in [0.25, 0.3) is 0 Å². The van der Waals surface area contributed by atoms with Crippen molar-refractivity contribution < 1.29 is 0 Å². The number of para-hydroxylation sites is 1. The van der Waals surface area contributed by atoms with Gasteiger partial charge in [-0.3, -0.25) is 0 Å². The molecule has 6 aromatic rings. The molecule has 8 rings (SSSR count). The summed E-state index contributed by atoms with van der Waals surface area (Å²) < 4.78 is 0. The minimum absolute atomic E-state index is 0.102. The molecule has 0 radical (unpaired) electrons. The molecule has 1 heterocycles. The standard InChI is InChI=1S/C47H44N2/c1-46(2,3)37-20-22-39(23-21-37)49-44-14-10-9-13-42(44)47(4,5)43-31-34(19-26-45(43)49)33-18-25-41-36(30-33)17-16-35-29-32(15-24-40(35)41)27-28-48-38-11-7-6-8-12-38/h6-8,11-31,48H,9-10H2,1-5H3/b28-27+. The SMILES string of the molecule is CC(C)(C)c1ccc(N2C3=CCCC=C3C(C)(C)c3cc(-c4ccc5c(ccc6cc(/C=C/Nc7ccccc7)ccc65)c4)ccc32)cc1. The van der Waals surface area contributed by atoms with Crippen molar-refractivity contribution in [1.29, 1.82) is 0 Å². The predicted octanol–water partition coefficient (Wildman–Crippen LogP) is 13.1. The maximum absolute atomic E-state index is 3.36. The first-order chi connectivity index (χ1) is 23.7. The molecule has 1 N–H and O–H groups in total. The Morgan fingerprint density at radius 3 is 2.10 bits per heavy atom. The lowest BCUT2D eigenvalue weighted by atomic mass is 9.70. The molecule has 2 aliphatic rings. The molecule has 49 heavy (non-hydrogen) atoms. The summed E-state index contributed by atoms with van der Waals surface area (Å²) in [6.07, 6.45) is 11.2. The molecular weight excluding hydrogens is 593 g/mol. The highest BCUT2D eigenvalue weighted by atomic mass is 15.2. The van der Waals surface area contributed by atoms with Gasteiger partial charge in [-0.25, -0.2) is 0 Å². The molecule has 2 heteroatoms. The van der Waals surface area contributed by atoms with Crippen LogP contribution >= 0.6 is 0 Å². The molecule has 2 nitrogen and oxygen atoms in total.